The lowest BCUT2D eigenvalue weighted by Gasteiger charge is -2.25. The first kappa shape index (κ1) is 8.69. The smallest absolute Gasteiger partial charge is 0.312 e. The van der Waals surface area contributed by atoms with Gasteiger partial charge in [0.05, 0.1) is 6.61 Å². The van der Waals surface area contributed by atoms with Crippen LogP contribution in [-0.4, -0.2) is 14.2 Å². The van der Waals surface area contributed by atoms with E-state index in [9.17, 15) is 0 Å². The summed E-state index contributed by atoms with van der Waals surface area (Å²) in [5.74, 6) is -0.989. The minimum Gasteiger partial charge on any atom is -0.327 e. The largest absolute Gasteiger partial charge is 0.327 e. The van der Waals surface area contributed by atoms with Crippen LogP contribution in [0.1, 0.15) is 11.1 Å². The van der Waals surface area contributed by atoms with E-state index < -0.39 is 5.97 Å². The molecule has 1 aromatic rings. The Kier molecular flexibility index (Phi) is 2.07. The predicted molar refractivity (Wildman–Crippen MR) is 46.9 cm³/mol. The van der Waals surface area contributed by atoms with E-state index in [2.05, 4.69) is 0 Å². The third kappa shape index (κ3) is 1.16. The molecule has 0 saturated carbocycles. The summed E-state index contributed by atoms with van der Waals surface area (Å²) < 4.78 is 15.9. The van der Waals surface area contributed by atoms with Crippen molar-refractivity contribution in [2.75, 3.05) is 14.2 Å². The molecule has 1 heterocycles. The maximum Gasteiger partial charge on any atom is 0.312 e. The van der Waals surface area contributed by atoms with Gasteiger partial charge in [0.25, 0.3) is 0 Å². The topological polar surface area (TPSA) is 27.7 Å². The molecule has 1 aliphatic rings. The van der Waals surface area contributed by atoms with E-state index in [-0.39, 0.29) is 0 Å². The molecule has 1 aromatic carbocycles. The third-order valence-electron chi connectivity index (χ3n) is 2.30. The number of benzene rings is 1. The Morgan fingerprint density at radius 2 is 1.92 bits per heavy atom. The SMILES string of the molecule is COC1(OC)OCc2ccccc21. The summed E-state index contributed by atoms with van der Waals surface area (Å²) in [5, 5.41) is 0. The Hall–Kier alpha value is -0.900. The highest BCUT2D eigenvalue weighted by molar-refractivity contribution is 5.32. The molecule has 0 aliphatic carbocycles. The number of rotatable bonds is 2. The van der Waals surface area contributed by atoms with Crippen molar-refractivity contribution in [2.24, 2.45) is 0 Å². The van der Waals surface area contributed by atoms with Crippen LogP contribution in [0.15, 0.2) is 24.3 Å². The highest BCUT2D eigenvalue weighted by atomic mass is 16.9. The second-order valence-corrected chi connectivity index (χ2v) is 2.91. The molecular formula is C10H12O3. The van der Waals surface area contributed by atoms with Crippen LogP contribution in [0.2, 0.25) is 0 Å². The van der Waals surface area contributed by atoms with E-state index in [1.165, 1.54) is 0 Å². The molecule has 0 fully saturated rings. The molecule has 3 nitrogen and oxygen atoms in total. The van der Waals surface area contributed by atoms with Gasteiger partial charge in [-0.1, -0.05) is 24.3 Å². The van der Waals surface area contributed by atoms with Gasteiger partial charge in [0.1, 0.15) is 0 Å². The molecule has 0 atom stereocenters. The number of ether oxygens (including phenoxy) is 3. The van der Waals surface area contributed by atoms with Crippen molar-refractivity contribution in [3.05, 3.63) is 35.4 Å². The van der Waals surface area contributed by atoms with E-state index in [0.29, 0.717) is 6.61 Å². The Labute approximate surface area is 77.2 Å². The molecule has 0 spiro atoms. The molecule has 70 valence electrons. The summed E-state index contributed by atoms with van der Waals surface area (Å²) in [6.07, 6.45) is 0. The van der Waals surface area contributed by atoms with Crippen molar-refractivity contribution in [2.45, 2.75) is 12.6 Å². The Balaban J connectivity index is 2.47. The summed E-state index contributed by atoms with van der Waals surface area (Å²) in [7, 11) is 3.15. The number of methoxy groups -OCH3 is 2. The number of fused-ring (bicyclic) bond motifs is 1. The van der Waals surface area contributed by atoms with Crippen LogP contribution in [0.4, 0.5) is 0 Å². The second kappa shape index (κ2) is 3.10. The van der Waals surface area contributed by atoms with Crippen molar-refractivity contribution in [1.29, 1.82) is 0 Å². The molecule has 3 heteroatoms. The first-order chi connectivity index (χ1) is 6.32. The molecule has 0 radical (unpaired) electrons. The molecule has 0 N–H and O–H groups in total. The summed E-state index contributed by atoms with van der Waals surface area (Å²) in [6, 6.07) is 7.88. The summed E-state index contributed by atoms with van der Waals surface area (Å²) in [6.45, 7) is 0.540. The zero-order chi connectivity index (χ0) is 9.31. The van der Waals surface area contributed by atoms with E-state index >= 15 is 0 Å². The molecule has 2 rings (SSSR count). The third-order valence-corrected chi connectivity index (χ3v) is 2.30. The Morgan fingerprint density at radius 1 is 1.23 bits per heavy atom. The summed E-state index contributed by atoms with van der Waals surface area (Å²) in [4.78, 5) is 0. The second-order valence-electron chi connectivity index (χ2n) is 2.91. The van der Waals surface area contributed by atoms with Crippen LogP contribution >= 0.6 is 0 Å². The molecule has 0 aromatic heterocycles. The van der Waals surface area contributed by atoms with Gasteiger partial charge in [-0.2, -0.15) is 0 Å². The minimum atomic E-state index is -0.989. The lowest BCUT2D eigenvalue weighted by molar-refractivity contribution is -0.367. The van der Waals surface area contributed by atoms with E-state index in [0.717, 1.165) is 11.1 Å². The fourth-order valence-electron chi connectivity index (χ4n) is 1.62. The first-order valence-electron chi connectivity index (χ1n) is 4.15. The van der Waals surface area contributed by atoms with Gasteiger partial charge in [0.15, 0.2) is 0 Å². The highest BCUT2D eigenvalue weighted by Gasteiger charge is 2.40. The zero-order valence-corrected chi connectivity index (χ0v) is 7.74. The number of hydrogen-bond acceptors (Lipinski definition) is 3. The van der Waals surface area contributed by atoms with E-state index in [1.54, 1.807) is 14.2 Å². The van der Waals surface area contributed by atoms with Gasteiger partial charge in [0, 0.05) is 19.8 Å². The molecule has 0 saturated heterocycles. The summed E-state index contributed by atoms with van der Waals surface area (Å²) in [5.41, 5.74) is 2.08. The van der Waals surface area contributed by atoms with Crippen LogP contribution in [0.3, 0.4) is 0 Å². The molecule has 1 aliphatic heterocycles. The van der Waals surface area contributed by atoms with Crippen molar-refractivity contribution < 1.29 is 14.2 Å². The van der Waals surface area contributed by atoms with E-state index in [4.69, 9.17) is 14.2 Å². The molecule has 0 bridgehead atoms. The molecule has 0 unspecified atom stereocenters. The van der Waals surface area contributed by atoms with Gasteiger partial charge in [-0.3, -0.25) is 0 Å². The average Bonchev–Trinajstić information content (AvgIpc) is 2.58. The quantitative estimate of drug-likeness (QED) is 0.647. The van der Waals surface area contributed by atoms with Crippen molar-refractivity contribution in [3.8, 4) is 0 Å². The lowest BCUT2D eigenvalue weighted by Crippen LogP contribution is -2.29. The fraction of sp³-hybridized carbons (Fsp3) is 0.400. The number of hydrogen-bond donors (Lipinski definition) is 0. The van der Waals surface area contributed by atoms with Crippen molar-refractivity contribution in [1.82, 2.24) is 0 Å². The van der Waals surface area contributed by atoms with Crippen LogP contribution in [0.25, 0.3) is 0 Å². The Bertz CT molecular complexity index is 305. The van der Waals surface area contributed by atoms with Gasteiger partial charge in [-0.05, 0) is 5.56 Å². The monoisotopic (exact) mass is 180 g/mol. The van der Waals surface area contributed by atoms with Gasteiger partial charge < -0.3 is 14.2 Å². The van der Waals surface area contributed by atoms with Crippen LogP contribution in [0.5, 0.6) is 0 Å². The van der Waals surface area contributed by atoms with E-state index in [1.807, 2.05) is 24.3 Å². The van der Waals surface area contributed by atoms with Gasteiger partial charge in [0.2, 0.25) is 0 Å². The highest BCUT2D eigenvalue weighted by Crippen LogP contribution is 2.37. The van der Waals surface area contributed by atoms with Crippen LogP contribution < -0.4 is 0 Å². The van der Waals surface area contributed by atoms with Crippen molar-refractivity contribution >= 4 is 0 Å². The zero-order valence-electron chi connectivity index (χ0n) is 7.74. The molecule has 13 heavy (non-hydrogen) atoms. The first-order valence-corrected chi connectivity index (χ1v) is 4.15. The fourth-order valence-corrected chi connectivity index (χ4v) is 1.62. The normalized spacial score (nSPS) is 18.6. The maximum atomic E-state index is 5.46. The Morgan fingerprint density at radius 3 is 2.62 bits per heavy atom. The van der Waals surface area contributed by atoms with Gasteiger partial charge in [-0.25, -0.2) is 0 Å². The minimum absolute atomic E-state index is 0.540. The molecule has 0 amide bonds. The maximum absolute atomic E-state index is 5.46. The van der Waals surface area contributed by atoms with Gasteiger partial charge >= 0.3 is 5.97 Å². The van der Waals surface area contributed by atoms with Crippen LogP contribution in [0, 0.1) is 0 Å². The standard InChI is InChI=1S/C10H12O3/c1-11-10(12-2)9-6-4-3-5-8(9)7-13-10/h3-6H,7H2,1-2H3. The molecular weight excluding hydrogens is 168 g/mol. The average molecular weight is 180 g/mol. The van der Waals surface area contributed by atoms with Gasteiger partial charge in [-0.15, -0.1) is 0 Å². The summed E-state index contributed by atoms with van der Waals surface area (Å²) >= 11 is 0. The predicted octanol–water partition coefficient (Wildman–Crippen LogP) is 1.62. The lowest BCUT2D eigenvalue weighted by atomic mass is 10.1. The van der Waals surface area contributed by atoms with Crippen LogP contribution in [-0.2, 0) is 26.8 Å². The van der Waals surface area contributed by atoms with Crippen molar-refractivity contribution in [3.63, 3.8) is 0 Å².